The number of carbonyl (C=O) groups excluding carboxylic acids is 1. The van der Waals surface area contributed by atoms with Crippen molar-refractivity contribution < 1.29 is 4.79 Å². The Morgan fingerprint density at radius 1 is 1.29 bits per heavy atom. The molecule has 2 aromatic rings. The maximum absolute atomic E-state index is 10.7. The summed E-state index contributed by atoms with van der Waals surface area (Å²) in [6.07, 6.45) is 4.60. The van der Waals surface area contributed by atoms with Crippen LogP contribution in [0.4, 0.5) is 5.69 Å². The minimum atomic E-state index is 0.403. The number of allylic oxidation sites excluding steroid dienone is 1. The molecule has 0 atom stereocenters. The summed E-state index contributed by atoms with van der Waals surface area (Å²) in [5.74, 6) is 0. The van der Waals surface area contributed by atoms with Crippen molar-refractivity contribution in [1.29, 1.82) is 0 Å². The van der Waals surface area contributed by atoms with Gasteiger partial charge in [0.15, 0.2) is 6.29 Å². The second-order valence-electron chi connectivity index (χ2n) is 3.59. The van der Waals surface area contributed by atoms with E-state index in [2.05, 4.69) is 16.7 Å². The van der Waals surface area contributed by atoms with E-state index in [4.69, 9.17) is 0 Å². The van der Waals surface area contributed by atoms with Gasteiger partial charge < -0.3 is 0 Å². The van der Waals surface area contributed by atoms with Crippen molar-refractivity contribution in [1.82, 2.24) is 4.98 Å². The fraction of sp³-hybridized carbons (Fsp3) is 0.0714. The fourth-order valence-electron chi connectivity index (χ4n) is 1.75. The lowest BCUT2D eigenvalue weighted by atomic mass is 10.1. The molecule has 0 saturated heterocycles. The van der Waals surface area contributed by atoms with E-state index < -0.39 is 0 Å². The molecule has 0 saturated carbocycles. The smallest absolute Gasteiger partial charge is 0.168 e. The molecule has 1 aromatic carbocycles. The largest absolute Gasteiger partial charge is 0.296 e. The molecule has 0 amide bonds. The van der Waals surface area contributed by atoms with Gasteiger partial charge >= 0.3 is 0 Å². The number of aliphatic imine (C=N–C) groups is 1. The van der Waals surface area contributed by atoms with Crippen LogP contribution in [0, 0.1) is 0 Å². The number of fused-ring (bicyclic) bond motifs is 1. The third-order valence-corrected chi connectivity index (χ3v) is 2.51. The molecule has 1 aromatic heterocycles. The minimum absolute atomic E-state index is 0.403. The summed E-state index contributed by atoms with van der Waals surface area (Å²) >= 11 is 0. The second kappa shape index (κ2) is 4.70. The van der Waals surface area contributed by atoms with Crippen molar-refractivity contribution in [3.63, 3.8) is 0 Å². The van der Waals surface area contributed by atoms with Crippen molar-refractivity contribution >= 4 is 35.7 Å². The van der Waals surface area contributed by atoms with Crippen LogP contribution in [0.1, 0.15) is 23.0 Å². The van der Waals surface area contributed by atoms with Crippen LogP contribution in [0.3, 0.4) is 0 Å². The molecular formula is C14H12N2O. The number of rotatable bonds is 3. The number of hydrogen-bond donors (Lipinski definition) is 0. The third-order valence-electron chi connectivity index (χ3n) is 2.51. The maximum Gasteiger partial charge on any atom is 0.168 e. The Morgan fingerprint density at radius 3 is 2.71 bits per heavy atom. The maximum atomic E-state index is 10.7. The van der Waals surface area contributed by atoms with Gasteiger partial charge in [-0.25, -0.2) is 4.98 Å². The van der Waals surface area contributed by atoms with Crippen molar-refractivity contribution in [3.8, 4) is 0 Å². The Kier molecular flexibility index (Phi) is 3.10. The van der Waals surface area contributed by atoms with E-state index in [1.165, 1.54) is 0 Å². The quantitative estimate of drug-likeness (QED) is 0.592. The highest BCUT2D eigenvalue weighted by molar-refractivity contribution is 5.95. The normalized spacial score (nSPS) is 10.9. The molecule has 0 unspecified atom stereocenters. The highest BCUT2D eigenvalue weighted by Crippen LogP contribution is 2.29. The van der Waals surface area contributed by atoms with Crippen LogP contribution in [0.15, 0.2) is 35.3 Å². The van der Waals surface area contributed by atoms with Gasteiger partial charge in [-0.2, -0.15) is 0 Å². The molecule has 0 aliphatic carbocycles. The average molecular weight is 224 g/mol. The standard InChI is InChI=1S/C14H12N2O/c1-3-4-10-5-6-11-7-8-12(9-17)16-14(11)13(10)15-2/h3-9H,2H2,1H3/b4-3-. The average Bonchev–Trinajstić information content (AvgIpc) is 2.38. The summed E-state index contributed by atoms with van der Waals surface area (Å²) in [4.78, 5) is 19.0. The molecule has 0 bridgehead atoms. The summed E-state index contributed by atoms with van der Waals surface area (Å²) in [6, 6.07) is 7.48. The molecule has 3 nitrogen and oxygen atoms in total. The van der Waals surface area contributed by atoms with Crippen LogP contribution in [-0.2, 0) is 0 Å². The summed E-state index contributed by atoms with van der Waals surface area (Å²) in [6.45, 7) is 5.50. The number of aromatic nitrogens is 1. The summed E-state index contributed by atoms with van der Waals surface area (Å²) in [7, 11) is 0. The lowest BCUT2D eigenvalue weighted by Gasteiger charge is -2.05. The Bertz CT molecular complexity index is 615. The van der Waals surface area contributed by atoms with Crippen molar-refractivity contribution in [3.05, 3.63) is 41.6 Å². The van der Waals surface area contributed by atoms with Gasteiger partial charge in [-0.3, -0.25) is 9.79 Å². The van der Waals surface area contributed by atoms with Crippen molar-refractivity contribution in [2.24, 2.45) is 4.99 Å². The number of aldehydes is 1. The molecule has 84 valence electrons. The number of carbonyl (C=O) groups is 1. The zero-order valence-electron chi connectivity index (χ0n) is 9.55. The van der Waals surface area contributed by atoms with E-state index >= 15 is 0 Å². The van der Waals surface area contributed by atoms with Crippen LogP contribution in [0.2, 0.25) is 0 Å². The van der Waals surface area contributed by atoms with E-state index in [1.54, 1.807) is 6.07 Å². The van der Waals surface area contributed by atoms with E-state index in [-0.39, 0.29) is 0 Å². The number of hydrogen-bond acceptors (Lipinski definition) is 3. The third kappa shape index (κ3) is 1.99. The highest BCUT2D eigenvalue weighted by Gasteiger charge is 2.06. The molecule has 0 radical (unpaired) electrons. The van der Waals surface area contributed by atoms with Gasteiger partial charge in [-0.1, -0.05) is 30.4 Å². The predicted octanol–water partition coefficient (Wildman–Crippen LogP) is 3.41. The molecular weight excluding hydrogens is 212 g/mol. The van der Waals surface area contributed by atoms with E-state index in [1.807, 2.05) is 37.3 Å². The van der Waals surface area contributed by atoms with Gasteiger partial charge in [0.1, 0.15) is 5.69 Å². The molecule has 0 aliphatic rings. The fourth-order valence-corrected chi connectivity index (χ4v) is 1.75. The summed E-state index contributed by atoms with van der Waals surface area (Å²) in [5.41, 5.74) is 2.77. The molecule has 3 heteroatoms. The zero-order chi connectivity index (χ0) is 12.3. The first-order valence-electron chi connectivity index (χ1n) is 5.28. The first-order chi connectivity index (χ1) is 8.30. The molecule has 1 heterocycles. The number of pyridine rings is 1. The van der Waals surface area contributed by atoms with Crippen LogP contribution in [0.25, 0.3) is 17.0 Å². The topological polar surface area (TPSA) is 42.3 Å². The Morgan fingerprint density at radius 2 is 2.06 bits per heavy atom. The first kappa shape index (κ1) is 11.2. The van der Waals surface area contributed by atoms with Crippen LogP contribution >= 0.6 is 0 Å². The van der Waals surface area contributed by atoms with Gasteiger partial charge in [-0.15, -0.1) is 0 Å². The van der Waals surface area contributed by atoms with Crippen LogP contribution < -0.4 is 0 Å². The van der Waals surface area contributed by atoms with E-state index in [9.17, 15) is 4.79 Å². The minimum Gasteiger partial charge on any atom is -0.296 e. The lowest BCUT2D eigenvalue weighted by molar-refractivity contribution is 0.111. The van der Waals surface area contributed by atoms with Crippen molar-refractivity contribution in [2.45, 2.75) is 6.92 Å². The molecule has 0 spiro atoms. The number of benzene rings is 1. The first-order valence-corrected chi connectivity index (χ1v) is 5.28. The molecule has 0 N–H and O–H groups in total. The van der Waals surface area contributed by atoms with Crippen LogP contribution in [-0.4, -0.2) is 18.0 Å². The van der Waals surface area contributed by atoms with Crippen molar-refractivity contribution in [2.75, 3.05) is 0 Å². The Labute approximate surface area is 99.5 Å². The lowest BCUT2D eigenvalue weighted by Crippen LogP contribution is -1.89. The SMILES string of the molecule is C=Nc1c(/C=C\C)ccc2ccc(C=O)nc12. The van der Waals surface area contributed by atoms with E-state index in [0.717, 1.165) is 17.2 Å². The van der Waals surface area contributed by atoms with Gasteiger partial charge in [0.25, 0.3) is 0 Å². The van der Waals surface area contributed by atoms with Gasteiger partial charge in [0, 0.05) is 10.9 Å². The van der Waals surface area contributed by atoms with E-state index in [0.29, 0.717) is 16.9 Å². The van der Waals surface area contributed by atoms with Crippen LogP contribution in [0.5, 0.6) is 0 Å². The highest BCUT2D eigenvalue weighted by atomic mass is 16.1. The molecule has 0 aliphatic heterocycles. The number of nitrogens with zero attached hydrogens (tertiary/aromatic N) is 2. The Hall–Kier alpha value is -2.29. The molecule has 2 rings (SSSR count). The Balaban J connectivity index is 2.82. The predicted molar refractivity (Wildman–Crippen MR) is 71.0 cm³/mol. The molecule has 0 fully saturated rings. The monoisotopic (exact) mass is 224 g/mol. The van der Waals surface area contributed by atoms with Gasteiger partial charge in [0.2, 0.25) is 0 Å². The molecule has 17 heavy (non-hydrogen) atoms. The van der Waals surface area contributed by atoms with Gasteiger partial charge in [-0.05, 0) is 19.7 Å². The van der Waals surface area contributed by atoms with Gasteiger partial charge in [0.05, 0.1) is 11.2 Å². The second-order valence-corrected chi connectivity index (χ2v) is 3.59. The summed E-state index contributed by atoms with van der Waals surface area (Å²) in [5, 5.41) is 0.950. The summed E-state index contributed by atoms with van der Waals surface area (Å²) < 4.78 is 0. The zero-order valence-corrected chi connectivity index (χ0v) is 9.55.